The summed E-state index contributed by atoms with van der Waals surface area (Å²) in [5.74, 6) is 1.83. The van der Waals surface area contributed by atoms with Crippen LogP contribution in [-0.4, -0.2) is 5.84 Å². The molecule has 2 aromatic heterocycles. The lowest BCUT2D eigenvalue weighted by Gasteiger charge is -2.10. The highest BCUT2D eigenvalue weighted by atomic mass is 32.1. The molecule has 0 bridgehead atoms. The van der Waals surface area contributed by atoms with Crippen LogP contribution in [-0.2, 0) is 13.0 Å². The molecule has 144 valence electrons. The molecule has 0 amide bonds. The SMILES string of the molecule is CC.CCC/C=C(\C)NC(=NCc1ccco1)c1sc(CC)c(C)c1C. The Bertz CT molecular complexity index is 709. The predicted octanol–water partition coefficient (Wildman–Crippen LogP) is 6.79. The number of nitrogens with zero attached hydrogens (tertiary/aromatic N) is 1. The third-order valence-electron chi connectivity index (χ3n) is 4.11. The highest BCUT2D eigenvalue weighted by molar-refractivity contribution is 7.14. The van der Waals surface area contributed by atoms with Crippen molar-refractivity contribution in [1.29, 1.82) is 0 Å². The number of hydrogen-bond donors (Lipinski definition) is 1. The molecule has 2 heterocycles. The number of hydrogen-bond acceptors (Lipinski definition) is 3. The first-order chi connectivity index (χ1) is 12.6. The summed E-state index contributed by atoms with van der Waals surface area (Å²) in [5.41, 5.74) is 3.87. The van der Waals surface area contributed by atoms with E-state index < -0.39 is 0 Å². The number of amidine groups is 1. The van der Waals surface area contributed by atoms with E-state index in [2.05, 4.69) is 46.0 Å². The number of aryl methyl sites for hydroxylation is 1. The lowest BCUT2D eigenvalue weighted by atomic mass is 10.1. The molecule has 0 radical (unpaired) electrons. The van der Waals surface area contributed by atoms with Gasteiger partial charge >= 0.3 is 0 Å². The molecule has 4 heteroatoms. The minimum Gasteiger partial charge on any atom is -0.467 e. The number of unbranched alkanes of at least 4 members (excludes halogenated alkanes) is 1. The van der Waals surface area contributed by atoms with Crippen molar-refractivity contribution >= 4 is 17.2 Å². The standard InChI is InChI=1S/C20H28N2OS.C2H6/c1-6-8-10-14(3)22-20(21-13-17-11-9-12-23-17)19-16(5)15(4)18(7-2)24-19;1-2/h9-12H,6-8,13H2,1-5H3,(H,21,22);1-2H3/b14-10+;. The van der Waals surface area contributed by atoms with Crippen LogP contribution in [0.25, 0.3) is 0 Å². The summed E-state index contributed by atoms with van der Waals surface area (Å²) in [6.45, 7) is 15.5. The van der Waals surface area contributed by atoms with Crippen molar-refractivity contribution < 1.29 is 4.42 Å². The van der Waals surface area contributed by atoms with Gasteiger partial charge in [0.2, 0.25) is 0 Å². The Morgan fingerprint density at radius 3 is 2.50 bits per heavy atom. The molecular formula is C22H34N2OS. The molecule has 0 aliphatic carbocycles. The predicted molar refractivity (Wildman–Crippen MR) is 115 cm³/mol. The highest BCUT2D eigenvalue weighted by Crippen LogP contribution is 2.28. The number of rotatable bonds is 7. The van der Waals surface area contributed by atoms with E-state index in [1.54, 1.807) is 6.26 Å². The van der Waals surface area contributed by atoms with Crippen molar-refractivity contribution in [2.75, 3.05) is 0 Å². The van der Waals surface area contributed by atoms with Gasteiger partial charge in [0.05, 0.1) is 17.7 Å². The molecule has 0 fully saturated rings. The Labute approximate surface area is 163 Å². The molecule has 0 aliphatic rings. The van der Waals surface area contributed by atoms with E-state index in [1.807, 2.05) is 37.3 Å². The first-order valence-corrected chi connectivity index (χ1v) is 10.5. The number of aliphatic imine (C=N–C) groups is 1. The van der Waals surface area contributed by atoms with Gasteiger partial charge in [0.15, 0.2) is 0 Å². The summed E-state index contributed by atoms with van der Waals surface area (Å²) in [7, 11) is 0. The van der Waals surface area contributed by atoms with Gasteiger partial charge in [-0.2, -0.15) is 0 Å². The van der Waals surface area contributed by atoms with Crippen LogP contribution in [0, 0.1) is 13.8 Å². The van der Waals surface area contributed by atoms with E-state index in [0.717, 1.165) is 36.6 Å². The average molecular weight is 375 g/mol. The van der Waals surface area contributed by atoms with Gasteiger partial charge in [-0.25, -0.2) is 0 Å². The molecule has 0 aromatic carbocycles. The molecule has 2 aromatic rings. The summed E-state index contributed by atoms with van der Waals surface area (Å²) in [5, 5.41) is 3.52. The minimum atomic E-state index is 0.550. The lowest BCUT2D eigenvalue weighted by Crippen LogP contribution is -2.23. The van der Waals surface area contributed by atoms with E-state index in [9.17, 15) is 0 Å². The van der Waals surface area contributed by atoms with Gasteiger partial charge in [-0.15, -0.1) is 11.3 Å². The summed E-state index contributed by atoms with van der Waals surface area (Å²) in [4.78, 5) is 7.49. The molecule has 26 heavy (non-hydrogen) atoms. The summed E-state index contributed by atoms with van der Waals surface area (Å²) < 4.78 is 5.42. The second-order valence-corrected chi connectivity index (χ2v) is 7.11. The van der Waals surface area contributed by atoms with Crippen LogP contribution in [0.15, 0.2) is 39.6 Å². The smallest absolute Gasteiger partial charge is 0.143 e. The topological polar surface area (TPSA) is 37.5 Å². The Morgan fingerprint density at radius 2 is 1.96 bits per heavy atom. The molecule has 0 unspecified atom stereocenters. The van der Waals surface area contributed by atoms with Crippen LogP contribution in [0.5, 0.6) is 0 Å². The van der Waals surface area contributed by atoms with Gasteiger partial charge in [-0.3, -0.25) is 4.99 Å². The molecule has 3 nitrogen and oxygen atoms in total. The van der Waals surface area contributed by atoms with Gasteiger partial charge in [-0.1, -0.05) is 40.2 Å². The fourth-order valence-electron chi connectivity index (χ4n) is 2.55. The van der Waals surface area contributed by atoms with Gasteiger partial charge in [0.25, 0.3) is 0 Å². The summed E-state index contributed by atoms with van der Waals surface area (Å²) >= 11 is 1.85. The third-order valence-corrected chi connectivity index (χ3v) is 5.66. The Hall–Kier alpha value is -1.81. The Kier molecular flexibility index (Phi) is 10.0. The monoisotopic (exact) mass is 374 g/mol. The minimum absolute atomic E-state index is 0.550. The van der Waals surface area contributed by atoms with Crippen molar-refractivity contribution in [3.05, 3.63) is 56.8 Å². The van der Waals surface area contributed by atoms with Crippen molar-refractivity contribution in [2.24, 2.45) is 4.99 Å². The van der Waals surface area contributed by atoms with Crippen LogP contribution >= 0.6 is 11.3 Å². The van der Waals surface area contributed by atoms with Crippen molar-refractivity contribution in [1.82, 2.24) is 5.32 Å². The van der Waals surface area contributed by atoms with Gasteiger partial charge in [0.1, 0.15) is 11.6 Å². The highest BCUT2D eigenvalue weighted by Gasteiger charge is 2.15. The van der Waals surface area contributed by atoms with Gasteiger partial charge < -0.3 is 9.73 Å². The normalized spacial score (nSPS) is 12.0. The summed E-state index contributed by atoms with van der Waals surface area (Å²) in [6.07, 6.45) is 7.22. The summed E-state index contributed by atoms with van der Waals surface area (Å²) in [6, 6.07) is 3.87. The molecular weight excluding hydrogens is 340 g/mol. The fraction of sp³-hybridized carbons (Fsp3) is 0.500. The zero-order valence-electron chi connectivity index (χ0n) is 17.4. The lowest BCUT2D eigenvalue weighted by molar-refractivity contribution is 0.512. The van der Waals surface area contributed by atoms with Crippen LogP contribution in [0.3, 0.4) is 0 Å². The zero-order valence-corrected chi connectivity index (χ0v) is 18.2. The number of furan rings is 1. The maximum atomic E-state index is 5.42. The van der Waals surface area contributed by atoms with Gasteiger partial charge in [0, 0.05) is 10.6 Å². The molecule has 0 saturated heterocycles. The van der Waals surface area contributed by atoms with Crippen molar-refractivity contribution in [2.45, 2.75) is 74.3 Å². The maximum Gasteiger partial charge on any atom is 0.143 e. The average Bonchev–Trinajstić information content (AvgIpc) is 3.28. The van der Waals surface area contributed by atoms with Gasteiger partial charge in [-0.05, 0) is 56.9 Å². The molecule has 0 spiro atoms. The van der Waals surface area contributed by atoms with E-state index in [-0.39, 0.29) is 0 Å². The van der Waals surface area contributed by atoms with Crippen LogP contribution in [0.1, 0.15) is 74.1 Å². The third kappa shape index (κ3) is 6.17. The van der Waals surface area contributed by atoms with E-state index >= 15 is 0 Å². The van der Waals surface area contributed by atoms with Crippen LogP contribution < -0.4 is 5.32 Å². The van der Waals surface area contributed by atoms with E-state index in [0.29, 0.717) is 6.54 Å². The molecule has 0 saturated carbocycles. The number of nitrogens with one attached hydrogen (secondary N) is 1. The largest absolute Gasteiger partial charge is 0.467 e. The first kappa shape index (κ1) is 22.2. The molecule has 0 aliphatic heterocycles. The fourth-order valence-corrected chi connectivity index (χ4v) is 3.76. The Morgan fingerprint density at radius 1 is 1.23 bits per heavy atom. The second-order valence-electron chi connectivity index (χ2n) is 6.00. The molecule has 1 N–H and O–H groups in total. The Balaban J connectivity index is 0.00000163. The maximum absolute atomic E-state index is 5.42. The number of thiophene rings is 1. The van der Waals surface area contributed by atoms with Crippen molar-refractivity contribution in [3.8, 4) is 0 Å². The van der Waals surface area contributed by atoms with Crippen molar-refractivity contribution in [3.63, 3.8) is 0 Å². The van der Waals surface area contributed by atoms with E-state index in [4.69, 9.17) is 9.41 Å². The quantitative estimate of drug-likeness (QED) is 0.428. The van der Waals surface area contributed by atoms with Crippen LogP contribution in [0.4, 0.5) is 0 Å². The number of allylic oxidation sites excluding steroid dienone is 2. The van der Waals surface area contributed by atoms with E-state index in [1.165, 1.54) is 20.9 Å². The second kappa shape index (κ2) is 11.7. The first-order valence-electron chi connectivity index (χ1n) is 9.66. The van der Waals surface area contributed by atoms with Crippen LogP contribution in [0.2, 0.25) is 0 Å². The molecule has 2 rings (SSSR count). The molecule has 0 atom stereocenters. The zero-order chi connectivity index (χ0) is 19.5.